The van der Waals surface area contributed by atoms with Crippen molar-refractivity contribution >= 4 is 6.47 Å². The van der Waals surface area contributed by atoms with Crippen LogP contribution in [0.15, 0.2) is 18.2 Å². The van der Waals surface area contributed by atoms with Gasteiger partial charge in [-0.05, 0) is 86.8 Å². The molecule has 2 nitrogen and oxygen atoms in total. The highest BCUT2D eigenvalue weighted by atomic mass is 16.5. The van der Waals surface area contributed by atoms with Crippen molar-refractivity contribution in [2.45, 2.75) is 110 Å². The molecule has 0 N–H and O–H groups in total. The Morgan fingerprint density at radius 1 is 1.00 bits per heavy atom. The molecule has 0 saturated heterocycles. The van der Waals surface area contributed by atoms with Crippen molar-refractivity contribution in [2.75, 3.05) is 0 Å². The lowest BCUT2D eigenvalue weighted by atomic mass is 9.89. The highest BCUT2D eigenvalue weighted by molar-refractivity contribution is 5.39. The zero-order valence-electron chi connectivity index (χ0n) is 18.1. The first-order valence-electron chi connectivity index (χ1n) is 11.0. The summed E-state index contributed by atoms with van der Waals surface area (Å²) in [7, 11) is 0. The third-order valence-corrected chi connectivity index (χ3v) is 5.98. The molecule has 1 aromatic carbocycles. The number of hydrogen-bond donors (Lipinski definition) is 0. The molecule has 0 aliphatic heterocycles. The van der Waals surface area contributed by atoms with Crippen molar-refractivity contribution in [3.63, 3.8) is 0 Å². The lowest BCUT2D eigenvalue weighted by Gasteiger charge is -2.17. The van der Waals surface area contributed by atoms with Crippen LogP contribution in [0.5, 0.6) is 0 Å². The van der Waals surface area contributed by atoms with Crippen LogP contribution in [0.3, 0.4) is 0 Å². The van der Waals surface area contributed by atoms with E-state index in [9.17, 15) is 4.79 Å². The van der Waals surface area contributed by atoms with Gasteiger partial charge in [-0.2, -0.15) is 0 Å². The van der Waals surface area contributed by atoms with Gasteiger partial charge in [0.1, 0.15) is 5.60 Å². The van der Waals surface area contributed by atoms with Gasteiger partial charge >= 0.3 is 0 Å². The molecule has 0 spiro atoms. The van der Waals surface area contributed by atoms with Crippen LogP contribution in [0.25, 0.3) is 0 Å². The van der Waals surface area contributed by atoms with Gasteiger partial charge in [-0.15, -0.1) is 0 Å². The predicted octanol–water partition coefficient (Wildman–Crippen LogP) is 6.95. The fraction of sp³-hybridized carbons (Fsp3) is 0.720. The summed E-state index contributed by atoms with van der Waals surface area (Å²) in [6.45, 7) is 9.88. The van der Waals surface area contributed by atoms with E-state index in [0.717, 1.165) is 32.1 Å². The summed E-state index contributed by atoms with van der Waals surface area (Å²) in [6.07, 6.45) is 14.5. The molecule has 1 aromatic rings. The van der Waals surface area contributed by atoms with Crippen LogP contribution in [-0.2, 0) is 22.4 Å². The average Bonchev–Trinajstić information content (AvgIpc) is 3.35. The SMILES string of the molecule is Cc1cc(CCCCCCC(C)(C)C)ccc1CCCCC1(OC=O)CC1. The van der Waals surface area contributed by atoms with E-state index in [0.29, 0.717) is 11.9 Å². The predicted molar refractivity (Wildman–Crippen MR) is 114 cm³/mol. The van der Waals surface area contributed by atoms with Gasteiger partial charge in [0.25, 0.3) is 6.47 Å². The molecule has 152 valence electrons. The molecule has 27 heavy (non-hydrogen) atoms. The minimum absolute atomic E-state index is 0.0897. The van der Waals surface area contributed by atoms with E-state index < -0.39 is 0 Å². The number of hydrogen-bond acceptors (Lipinski definition) is 2. The Kier molecular flexibility index (Phi) is 8.38. The summed E-state index contributed by atoms with van der Waals surface area (Å²) < 4.78 is 5.23. The van der Waals surface area contributed by atoms with E-state index >= 15 is 0 Å². The largest absolute Gasteiger partial charge is 0.461 e. The molecule has 0 atom stereocenters. The second kappa shape index (κ2) is 10.3. The van der Waals surface area contributed by atoms with Gasteiger partial charge in [0, 0.05) is 0 Å². The van der Waals surface area contributed by atoms with Gasteiger partial charge in [0.05, 0.1) is 0 Å². The lowest BCUT2D eigenvalue weighted by Crippen LogP contribution is -2.12. The van der Waals surface area contributed by atoms with E-state index in [2.05, 4.69) is 45.9 Å². The number of benzene rings is 1. The second-order valence-corrected chi connectivity index (χ2v) is 9.84. The number of rotatable bonds is 13. The Balaban J connectivity index is 1.62. The molecule has 0 radical (unpaired) electrons. The van der Waals surface area contributed by atoms with Gasteiger partial charge < -0.3 is 4.74 Å². The first kappa shape index (κ1) is 22.0. The molecule has 1 aliphatic rings. The smallest absolute Gasteiger partial charge is 0.293 e. The molecule has 0 heterocycles. The second-order valence-electron chi connectivity index (χ2n) is 9.84. The van der Waals surface area contributed by atoms with Crippen LogP contribution < -0.4 is 0 Å². The monoisotopic (exact) mass is 372 g/mol. The highest BCUT2D eigenvalue weighted by Gasteiger charge is 2.44. The Hall–Kier alpha value is -1.31. The number of aryl methyl sites for hydroxylation is 3. The van der Waals surface area contributed by atoms with E-state index in [1.54, 1.807) is 0 Å². The first-order valence-corrected chi connectivity index (χ1v) is 11.0. The molecule has 0 bridgehead atoms. The fourth-order valence-electron chi connectivity index (χ4n) is 3.96. The summed E-state index contributed by atoms with van der Waals surface area (Å²) in [5, 5.41) is 0. The summed E-state index contributed by atoms with van der Waals surface area (Å²) in [5.74, 6) is 0. The Morgan fingerprint density at radius 2 is 1.70 bits per heavy atom. The molecular weight excluding hydrogens is 332 g/mol. The molecule has 2 heteroatoms. The zero-order chi connectivity index (χ0) is 19.8. The first-order chi connectivity index (χ1) is 12.8. The summed E-state index contributed by atoms with van der Waals surface area (Å²) in [4.78, 5) is 10.5. The van der Waals surface area contributed by atoms with Crippen molar-refractivity contribution in [1.82, 2.24) is 0 Å². The number of carbonyl (C=O) groups excluding carboxylic acids is 1. The van der Waals surface area contributed by atoms with Gasteiger partial charge in [-0.3, -0.25) is 4.79 Å². The fourth-order valence-corrected chi connectivity index (χ4v) is 3.96. The van der Waals surface area contributed by atoms with Crippen LogP contribution in [0.1, 0.15) is 102 Å². The quantitative estimate of drug-likeness (QED) is 0.276. The average molecular weight is 373 g/mol. The molecule has 0 amide bonds. The maximum absolute atomic E-state index is 10.5. The topological polar surface area (TPSA) is 26.3 Å². The summed E-state index contributed by atoms with van der Waals surface area (Å²) in [5.41, 5.74) is 4.79. The molecule has 0 unspecified atom stereocenters. The van der Waals surface area contributed by atoms with E-state index in [1.807, 2.05) is 0 Å². The number of unbranched alkanes of at least 4 members (excludes halogenated alkanes) is 4. The van der Waals surface area contributed by atoms with Gasteiger partial charge in [-0.1, -0.05) is 58.2 Å². The van der Waals surface area contributed by atoms with Gasteiger partial charge in [-0.25, -0.2) is 0 Å². The zero-order valence-corrected chi connectivity index (χ0v) is 18.1. The molecule has 2 rings (SSSR count). The maximum Gasteiger partial charge on any atom is 0.293 e. The van der Waals surface area contributed by atoms with E-state index in [1.165, 1.54) is 61.6 Å². The minimum Gasteiger partial charge on any atom is -0.461 e. The van der Waals surface area contributed by atoms with Crippen molar-refractivity contribution in [3.8, 4) is 0 Å². The van der Waals surface area contributed by atoms with E-state index in [4.69, 9.17) is 4.74 Å². The number of ether oxygens (including phenoxy) is 1. The third kappa shape index (κ3) is 8.49. The molecule has 1 aliphatic carbocycles. The Morgan fingerprint density at radius 3 is 2.33 bits per heavy atom. The molecule has 0 aromatic heterocycles. The van der Waals surface area contributed by atoms with Crippen LogP contribution in [0, 0.1) is 12.3 Å². The minimum atomic E-state index is -0.0897. The number of carbonyl (C=O) groups is 1. The Labute approximate surface area is 167 Å². The maximum atomic E-state index is 10.5. The van der Waals surface area contributed by atoms with Gasteiger partial charge in [0.15, 0.2) is 0 Å². The molecule has 1 saturated carbocycles. The Bertz CT molecular complexity index is 578. The summed E-state index contributed by atoms with van der Waals surface area (Å²) in [6, 6.07) is 7.05. The van der Waals surface area contributed by atoms with Crippen LogP contribution >= 0.6 is 0 Å². The molecule has 1 fully saturated rings. The summed E-state index contributed by atoms with van der Waals surface area (Å²) >= 11 is 0. The van der Waals surface area contributed by atoms with Crippen LogP contribution in [-0.4, -0.2) is 12.1 Å². The van der Waals surface area contributed by atoms with Crippen molar-refractivity contribution in [3.05, 3.63) is 34.9 Å². The third-order valence-electron chi connectivity index (χ3n) is 5.98. The van der Waals surface area contributed by atoms with Crippen LogP contribution in [0.4, 0.5) is 0 Å². The highest BCUT2D eigenvalue weighted by Crippen LogP contribution is 2.43. The normalized spacial score (nSPS) is 15.6. The van der Waals surface area contributed by atoms with Crippen molar-refractivity contribution in [2.24, 2.45) is 5.41 Å². The van der Waals surface area contributed by atoms with Gasteiger partial charge in [0.2, 0.25) is 0 Å². The molecular formula is C25H40O2. The van der Waals surface area contributed by atoms with Crippen LogP contribution in [0.2, 0.25) is 0 Å². The lowest BCUT2D eigenvalue weighted by molar-refractivity contribution is -0.135. The van der Waals surface area contributed by atoms with Crippen molar-refractivity contribution < 1.29 is 9.53 Å². The van der Waals surface area contributed by atoms with Crippen molar-refractivity contribution in [1.29, 1.82) is 0 Å². The van der Waals surface area contributed by atoms with E-state index in [-0.39, 0.29) is 5.60 Å². The standard InChI is InChI=1S/C25H40O2/c1-21-19-22(11-7-5-6-9-15-24(2,3)4)13-14-23(21)12-8-10-16-25(17-18-25)27-20-26/h13-14,19-20H,5-12,15-18H2,1-4H3.